The third-order valence-corrected chi connectivity index (χ3v) is 3.17. The van der Waals surface area contributed by atoms with E-state index in [9.17, 15) is 0 Å². The fraction of sp³-hybridized carbons (Fsp3) is 0.600. The van der Waals surface area contributed by atoms with E-state index in [4.69, 9.17) is 10.5 Å². The summed E-state index contributed by atoms with van der Waals surface area (Å²) in [6, 6.07) is 0.193. The van der Waals surface area contributed by atoms with E-state index in [2.05, 4.69) is 31.2 Å². The molecule has 0 aliphatic heterocycles. The van der Waals surface area contributed by atoms with Crippen LogP contribution in [0.5, 0.6) is 5.88 Å². The number of halogens is 1. The van der Waals surface area contributed by atoms with E-state index in [1.807, 2.05) is 0 Å². The molecule has 0 spiro atoms. The van der Waals surface area contributed by atoms with Gasteiger partial charge >= 0.3 is 0 Å². The molecule has 0 aromatic carbocycles. The van der Waals surface area contributed by atoms with Gasteiger partial charge in [0.25, 0.3) is 0 Å². The number of nitrogens with zero attached hydrogens (tertiary/aromatic N) is 2. The smallest absolute Gasteiger partial charge is 0.232 e. The van der Waals surface area contributed by atoms with Gasteiger partial charge in [-0.1, -0.05) is 0 Å². The molecular weight excluding hydrogens is 272 g/mol. The van der Waals surface area contributed by atoms with Gasteiger partial charge in [0, 0.05) is 12.6 Å². The summed E-state index contributed by atoms with van der Waals surface area (Å²) in [4.78, 5) is 8.33. The van der Waals surface area contributed by atoms with Crippen molar-refractivity contribution in [2.24, 2.45) is 11.7 Å². The zero-order chi connectivity index (χ0) is 11.5. The highest BCUT2D eigenvalue weighted by Gasteiger charge is 2.28. The van der Waals surface area contributed by atoms with Crippen molar-refractivity contribution in [2.75, 3.05) is 19.0 Å². The van der Waals surface area contributed by atoms with E-state index in [1.54, 1.807) is 13.3 Å². The summed E-state index contributed by atoms with van der Waals surface area (Å²) in [5.74, 6) is 1.75. The molecular formula is C10H15BrN4O. The van der Waals surface area contributed by atoms with Crippen molar-refractivity contribution >= 4 is 21.9 Å². The van der Waals surface area contributed by atoms with Crippen molar-refractivity contribution in [2.45, 2.75) is 18.9 Å². The van der Waals surface area contributed by atoms with E-state index in [0.717, 1.165) is 4.47 Å². The minimum Gasteiger partial charge on any atom is -0.480 e. The monoisotopic (exact) mass is 286 g/mol. The number of anilines is 1. The summed E-state index contributed by atoms with van der Waals surface area (Å²) < 4.78 is 5.83. The maximum atomic E-state index is 5.97. The van der Waals surface area contributed by atoms with Crippen LogP contribution in [0.1, 0.15) is 12.8 Å². The molecule has 88 valence electrons. The van der Waals surface area contributed by atoms with Crippen LogP contribution in [0.4, 0.5) is 5.95 Å². The predicted molar refractivity (Wildman–Crippen MR) is 65.5 cm³/mol. The van der Waals surface area contributed by atoms with E-state index in [0.29, 0.717) is 24.3 Å². The average Bonchev–Trinajstić information content (AvgIpc) is 3.11. The van der Waals surface area contributed by atoms with Gasteiger partial charge in [0.1, 0.15) is 0 Å². The normalized spacial score (nSPS) is 16.9. The molecule has 1 fully saturated rings. The van der Waals surface area contributed by atoms with Crippen LogP contribution in [0.2, 0.25) is 0 Å². The van der Waals surface area contributed by atoms with Crippen LogP contribution in [0.15, 0.2) is 10.7 Å². The fourth-order valence-electron chi connectivity index (χ4n) is 1.48. The van der Waals surface area contributed by atoms with Gasteiger partial charge in [-0.3, -0.25) is 0 Å². The molecule has 1 atom stereocenters. The standard InChI is InChI=1S/C10H15BrN4O/c1-16-9-7(11)4-13-10(15-9)14-5-8(12)6-2-3-6/h4,6,8H,2-3,5,12H2,1H3,(H,13,14,15). The number of aromatic nitrogens is 2. The Morgan fingerprint density at radius 2 is 2.44 bits per heavy atom. The average molecular weight is 287 g/mol. The zero-order valence-corrected chi connectivity index (χ0v) is 10.7. The predicted octanol–water partition coefficient (Wildman–Crippen LogP) is 1.40. The summed E-state index contributed by atoms with van der Waals surface area (Å²) >= 11 is 3.30. The fourth-order valence-corrected chi connectivity index (χ4v) is 1.83. The molecule has 1 unspecified atom stereocenters. The largest absolute Gasteiger partial charge is 0.480 e. The third-order valence-electron chi connectivity index (χ3n) is 2.63. The molecule has 5 nitrogen and oxygen atoms in total. The van der Waals surface area contributed by atoms with Gasteiger partial charge in [-0.25, -0.2) is 4.98 Å². The number of hydrogen-bond acceptors (Lipinski definition) is 5. The lowest BCUT2D eigenvalue weighted by Crippen LogP contribution is -2.31. The van der Waals surface area contributed by atoms with E-state index >= 15 is 0 Å². The summed E-state index contributed by atoms with van der Waals surface area (Å²) in [6.45, 7) is 0.704. The highest BCUT2D eigenvalue weighted by atomic mass is 79.9. The van der Waals surface area contributed by atoms with Crippen molar-refractivity contribution in [1.29, 1.82) is 0 Å². The Balaban J connectivity index is 1.93. The van der Waals surface area contributed by atoms with Gasteiger partial charge in [0.15, 0.2) is 0 Å². The highest BCUT2D eigenvalue weighted by Crippen LogP contribution is 2.31. The second-order valence-corrected chi connectivity index (χ2v) is 4.79. The summed E-state index contributed by atoms with van der Waals surface area (Å²) in [5.41, 5.74) is 5.97. The first-order chi connectivity index (χ1) is 7.70. The SMILES string of the molecule is COc1nc(NCC(N)C2CC2)ncc1Br. The number of rotatable bonds is 5. The van der Waals surface area contributed by atoms with E-state index in [1.165, 1.54) is 12.8 Å². The minimum absolute atomic E-state index is 0.193. The molecule has 0 saturated heterocycles. The second kappa shape index (κ2) is 4.97. The van der Waals surface area contributed by atoms with Crippen LogP contribution in [-0.4, -0.2) is 29.7 Å². The first-order valence-electron chi connectivity index (χ1n) is 5.26. The maximum Gasteiger partial charge on any atom is 0.232 e. The molecule has 1 aliphatic rings. The Bertz CT molecular complexity index is 370. The molecule has 16 heavy (non-hydrogen) atoms. The molecule has 1 saturated carbocycles. The Labute approximate surface area is 103 Å². The van der Waals surface area contributed by atoms with Crippen molar-refractivity contribution < 1.29 is 4.74 Å². The molecule has 2 rings (SSSR count). The number of nitrogens with one attached hydrogen (secondary N) is 1. The maximum absolute atomic E-state index is 5.97. The van der Waals surface area contributed by atoms with Crippen LogP contribution in [0, 0.1) is 5.92 Å². The van der Waals surface area contributed by atoms with E-state index in [-0.39, 0.29) is 6.04 Å². The molecule has 0 bridgehead atoms. The zero-order valence-electron chi connectivity index (χ0n) is 9.11. The Kier molecular flexibility index (Phi) is 3.60. The Morgan fingerprint density at radius 1 is 1.69 bits per heavy atom. The van der Waals surface area contributed by atoms with Gasteiger partial charge in [-0.15, -0.1) is 0 Å². The van der Waals surface area contributed by atoms with Crippen LogP contribution in [-0.2, 0) is 0 Å². The van der Waals surface area contributed by atoms with Gasteiger partial charge < -0.3 is 15.8 Å². The first kappa shape index (κ1) is 11.6. The lowest BCUT2D eigenvalue weighted by Gasteiger charge is -2.12. The van der Waals surface area contributed by atoms with Crippen molar-refractivity contribution in [3.05, 3.63) is 10.7 Å². The van der Waals surface area contributed by atoms with Crippen molar-refractivity contribution in [1.82, 2.24) is 9.97 Å². The molecule has 1 aliphatic carbocycles. The number of methoxy groups -OCH3 is 1. The third kappa shape index (κ3) is 2.82. The second-order valence-electron chi connectivity index (χ2n) is 3.93. The lowest BCUT2D eigenvalue weighted by molar-refractivity contribution is 0.394. The number of nitrogens with two attached hydrogens (primary N) is 1. The molecule has 0 amide bonds. The molecule has 3 N–H and O–H groups in total. The quantitative estimate of drug-likeness (QED) is 0.856. The lowest BCUT2D eigenvalue weighted by atomic mass is 10.2. The highest BCUT2D eigenvalue weighted by molar-refractivity contribution is 9.10. The summed E-state index contributed by atoms with van der Waals surface area (Å²) in [7, 11) is 1.58. The van der Waals surface area contributed by atoms with Gasteiger partial charge in [-0.05, 0) is 34.7 Å². The van der Waals surface area contributed by atoms with Gasteiger partial charge in [-0.2, -0.15) is 4.98 Å². The minimum atomic E-state index is 0.193. The summed E-state index contributed by atoms with van der Waals surface area (Å²) in [6.07, 6.45) is 4.15. The number of ether oxygens (including phenoxy) is 1. The summed E-state index contributed by atoms with van der Waals surface area (Å²) in [5, 5.41) is 3.12. The molecule has 6 heteroatoms. The molecule has 1 aromatic heterocycles. The van der Waals surface area contributed by atoms with Crippen LogP contribution in [0.3, 0.4) is 0 Å². The topological polar surface area (TPSA) is 73.1 Å². The van der Waals surface area contributed by atoms with Crippen molar-refractivity contribution in [3.8, 4) is 5.88 Å². The molecule has 1 aromatic rings. The Hall–Kier alpha value is -0.880. The van der Waals surface area contributed by atoms with Crippen LogP contribution < -0.4 is 15.8 Å². The van der Waals surface area contributed by atoms with Crippen LogP contribution >= 0.6 is 15.9 Å². The Morgan fingerprint density at radius 3 is 3.06 bits per heavy atom. The van der Waals surface area contributed by atoms with Crippen molar-refractivity contribution in [3.63, 3.8) is 0 Å². The van der Waals surface area contributed by atoms with E-state index < -0.39 is 0 Å². The first-order valence-corrected chi connectivity index (χ1v) is 6.06. The molecule has 0 radical (unpaired) electrons. The molecule has 1 heterocycles. The van der Waals surface area contributed by atoms with Crippen LogP contribution in [0.25, 0.3) is 0 Å². The number of hydrogen-bond donors (Lipinski definition) is 2. The van der Waals surface area contributed by atoms with Gasteiger partial charge in [0.05, 0.1) is 17.8 Å². The van der Waals surface area contributed by atoms with Gasteiger partial charge in [0.2, 0.25) is 11.8 Å².